The van der Waals surface area contributed by atoms with Crippen LogP contribution in [0.25, 0.3) is 11.4 Å². The van der Waals surface area contributed by atoms with Gasteiger partial charge in [0.1, 0.15) is 16.1 Å². The lowest BCUT2D eigenvalue weighted by Gasteiger charge is -2.17. The quantitative estimate of drug-likeness (QED) is 0.574. The third-order valence-electron chi connectivity index (χ3n) is 4.58. The first-order valence-corrected chi connectivity index (χ1v) is 11.2. The molecule has 1 aromatic carbocycles. The molecule has 1 aliphatic rings. The highest BCUT2D eigenvalue weighted by molar-refractivity contribution is 7.91. The highest BCUT2D eigenvalue weighted by atomic mass is 32.2. The van der Waals surface area contributed by atoms with Crippen LogP contribution in [0.5, 0.6) is 5.75 Å². The lowest BCUT2D eigenvalue weighted by molar-refractivity contribution is -0.159. The molecule has 0 spiro atoms. The van der Waals surface area contributed by atoms with Gasteiger partial charge in [-0.15, -0.1) is 11.3 Å². The van der Waals surface area contributed by atoms with Crippen LogP contribution in [-0.2, 0) is 16.2 Å². The summed E-state index contributed by atoms with van der Waals surface area (Å²) in [6.45, 7) is 2.34. The van der Waals surface area contributed by atoms with Gasteiger partial charge in [-0.1, -0.05) is 5.16 Å². The average Bonchev–Trinajstić information content (AvgIpc) is 3.42. The van der Waals surface area contributed by atoms with Crippen molar-refractivity contribution in [1.82, 2.24) is 14.4 Å². The number of hydrogen-bond acceptors (Lipinski definition) is 7. The van der Waals surface area contributed by atoms with E-state index < -0.39 is 22.1 Å². The van der Waals surface area contributed by atoms with Gasteiger partial charge < -0.3 is 9.26 Å². The van der Waals surface area contributed by atoms with Crippen molar-refractivity contribution in [2.45, 2.75) is 29.8 Å². The molecule has 3 aromatic rings. The van der Waals surface area contributed by atoms with Gasteiger partial charge in [-0.05, 0) is 54.6 Å². The van der Waals surface area contributed by atoms with Crippen LogP contribution in [0.3, 0.4) is 0 Å². The van der Waals surface area contributed by atoms with Crippen LogP contribution < -0.4 is 4.74 Å². The van der Waals surface area contributed by atoms with Gasteiger partial charge in [-0.3, -0.25) is 0 Å². The van der Waals surface area contributed by atoms with Crippen molar-refractivity contribution >= 4 is 21.4 Å². The molecule has 0 radical (unpaired) electrons. The summed E-state index contributed by atoms with van der Waals surface area (Å²) in [6, 6.07) is 7.93. The number of alkyl halides is 3. The van der Waals surface area contributed by atoms with Crippen LogP contribution in [0, 0.1) is 6.92 Å². The number of rotatable bonds is 5. The smallest absolute Gasteiger partial charge is 0.471 e. The van der Waals surface area contributed by atoms with E-state index in [-0.39, 0.29) is 18.5 Å². The van der Waals surface area contributed by atoms with Gasteiger partial charge in [0.25, 0.3) is 10.0 Å². The number of halogens is 3. The predicted molar refractivity (Wildman–Crippen MR) is 102 cm³/mol. The first kappa shape index (κ1) is 20.8. The molecular weight excluding hydrogens is 443 g/mol. The van der Waals surface area contributed by atoms with E-state index in [4.69, 9.17) is 4.74 Å². The average molecular weight is 459 g/mol. The second-order valence-corrected chi connectivity index (χ2v) is 9.78. The molecule has 1 fully saturated rings. The Kier molecular flexibility index (Phi) is 5.32. The minimum atomic E-state index is -4.70. The maximum atomic E-state index is 12.8. The molecule has 0 aliphatic carbocycles. The van der Waals surface area contributed by atoms with Crippen LogP contribution in [0.4, 0.5) is 13.2 Å². The largest absolute Gasteiger partial charge is 0.489 e. The Labute approximate surface area is 174 Å². The highest BCUT2D eigenvalue weighted by Gasteiger charge is 2.38. The molecule has 3 heterocycles. The molecule has 160 valence electrons. The molecule has 1 unspecified atom stereocenters. The van der Waals surface area contributed by atoms with Gasteiger partial charge in [0.2, 0.25) is 5.82 Å². The van der Waals surface area contributed by atoms with Crippen molar-refractivity contribution in [3.8, 4) is 17.1 Å². The van der Waals surface area contributed by atoms with Crippen LogP contribution in [0.1, 0.15) is 17.9 Å². The van der Waals surface area contributed by atoms with E-state index in [0.29, 0.717) is 28.5 Å². The molecule has 0 N–H and O–H groups in total. The summed E-state index contributed by atoms with van der Waals surface area (Å²) in [7, 11) is -3.55. The SMILES string of the molecule is Cc1ccsc1S(=O)(=O)N1CCC(Oc2ccc(-c3noc(C(F)(F)F)n3)cc2)C1. The van der Waals surface area contributed by atoms with Crippen LogP contribution in [-0.4, -0.2) is 42.1 Å². The number of aryl methyl sites for hydroxylation is 1. The Hall–Kier alpha value is -2.44. The summed E-state index contributed by atoms with van der Waals surface area (Å²) < 4.78 is 75.1. The number of aromatic nitrogens is 2. The van der Waals surface area contributed by atoms with Gasteiger partial charge in [-0.2, -0.15) is 22.5 Å². The van der Waals surface area contributed by atoms with Crippen LogP contribution in [0.15, 0.2) is 44.4 Å². The fraction of sp³-hybridized carbons (Fsp3) is 0.333. The van der Waals surface area contributed by atoms with E-state index in [1.807, 2.05) is 0 Å². The van der Waals surface area contributed by atoms with E-state index in [9.17, 15) is 21.6 Å². The van der Waals surface area contributed by atoms with Gasteiger partial charge >= 0.3 is 12.1 Å². The van der Waals surface area contributed by atoms with E-state index in [1.165, 1.54) is 27.8 Å². The minimum Gasteiger partial charge on any atom is -0.489 e. The monoisotopic (exact) mass is 459 g/mol. The lowest BCUT2D eigenvalue weighted by atomic mass is 10.2. The highest BCUT2D eigenvalue weighted by Crippen LogP contribution is 2.31. The molecule has 2 aromatic heterocycles. The molecule has 0 amide bonds. The van der Waals surface area contributed by atoms with E-state index in [0.717, 1.165) is 5.56 Å². The standard InChI is InChI=1S/C18H16F3N3O4S2/c1-11-7-9-29-16(11)30(25,26)24-8-6-14(10-24)27-13-4-2-12(3-5-13)15-22-17(28-23-15)18(19,20)21/h2-5,7,9,14H,6,8,10H2,1H3. The van der Waals surface area contributed by atoms with Crippen molar-refractivity contribution < 1.29 is 30.8 Å². The normalized spacial score (nSPS) is 18.1. The fourth-order valence-corrected chi connectivity index (χ4v) is 6.12. The summed E-state index contributed by atoms with van der Waals surface area (Å²) >= 11 is 1.19. The zero-order valence-electron chi connectivity index (χ0n) is 15.6. The van der Waals surface area contributed by atoms with Crippen molar-refractivity contribution in [1.29, 1.82) is 0 Å². The zero-order valence-corrected chi connectivity index (χ0v) is 17.2. The molecule has 0 saturated carbocycles. The third kappa shape index (κ3) is 4.07. The number of sulfonamides is 1. The Bertz CT molecular complexity index is 1140. The third-order valence-corrected chi connectivity index (χ3v) is 8.11. The predicted octanol–water partition coefficient (Wildman–Crippen LogP) is 3.97. The van der Waals surface area contributed by atoms with Gasteiger partial charge in [0, 0.05) is 12.1 Å². The second-order valence-electron chi connectivity index (χ2n) is 6.73. The molecule has 30 heavy (non-hydrogen) atoms. The molecule has 1 saturated heterocycles. The minimum absolute atomic E-state index is 0.182. The summed E-state index contributed by atoms with van der Waals surface area (Å²) in [6.07, 6.45) is -4.50. The van der Waals surface area contributed by atoms with Gasteiger partial charge in [-0.25, -0.2) is 8.42 Å². The zero-order chi connectivity index (χ0) is 21.5. The Morgan fingerprint density at radius 3 is 2.57 bits per heavy atom. The molecular formula is C18H16F3N3O4S2. The Balaban J connectivity index is 1.41. The maximum Gasteiger partial charge on any atom is 0.471 e. The number of nitrogens with zero attached hydrogens (tertiary/aromatic N) is 3. The van der Waals surface area contributed by atoms with Crippen LogP contribution in [0.2, 0.25) is 0 Å². The number of benzene rings is 1. The lowest BCUT2D eigenvalue weighted by Crippen LogP contribution is -2.30. The number of ether oxygens (including phenoxy) is 1. The maximum absolute atomic E-state index is 12.8. The first-order valence-electron chi connectivity index (χ1n) is 8.87. The topological polar surface area (TPSA) is 85.5 Å². The Morgan fingerprint density at radius 1 is 1.23 bits per heavy atom. The van der Waals surface area contributed by atoms with Crippen molar-refractivity contribution in [3.05, 3.63) is 47.2 Å². The van der Waals surface area contributed by atoms with E-state index >= 15 is 0 Å². The number of hydrogen-bond donors (Lipinski definition) is 0. The number of thiophene rings is 1. The summed E-state index contributed by atoms with van der Waals surface area (Å²) in [5.41, 5.74) is 1.06. The molecule has 4 rings (SSSR count). The first-order chi connectivity index (χ1) is 14.1. The van der Waals surface area contributed by atoms with Crippen molar-refractivity contribution in [2.75, 3.05) is 13.1 Å². The van der Waals surface area contributed by atoms with E-state index in [1.54, 1.807) is 30.5 Å². The van der Waals surface area contributed by atoms with Gasteiger partial charge in [0.15, 0.2) is 0 Å². The summed E-state index contributed by atoms with van der Waals surface area (Å²) in [5.74, 6) is -1.13. The second kappa shape index (κ2) is 7.67. The summed E-state index contributed by atoms with van der Waals surface area (Å²) in [5, 5.41) is 5.08. The van der Waals surface area contributed by atoms with Crippen LogP contribution >= 0.6 is 11.3 Å². The Morgan fingerprint density at radius 2 is 1.97 bits per heavy atom. The van der Waals surface area contributed by atoms with Crippen molar-refractivity contribution in [2.24, 2.45) is 0 Å². The molecule has 1 atom stereocenters. The van der Waals surface area contributed by atoms with E-state index in [2.05, 4.69) is 14.7 Å². The molecule has 7 nitrogen and oxygen atoms in total. The van der Waals surface area contributed by atoms with Gasteiger partial charge in [0.05, 0.1) is 6.54 Å². The summed E-state index contributed by atoms with van der Waals surface area (Å²) in [4.78, 5) is 3.34. The fourth-order valence-electron chi connectivity index (χ4n) is 3.08. The molecule has 0 bridgehead atoms. The molecule has 12 heteroatoms. The molecule has 1 aliphatic heterocycles. The van der Waals surface area contributed by atoms with Crippen molar-refractivity contribution in [3.63, 3.8) is 0 Å².